The lowest BCUT2D eigenvalue weighted by Gasteiger charge is -2.31. The summed E-state index contributed by atoms with van der Waals surface area (Å²) in [7, 11) is -2.82. The van der Waals surface area contributed by atoms with E-state index < -0.39 is 33.3 Å². The summed E-state index contributed by atoms with van der Waals surface area (Å²) >= 11 is 0. The minimum Gasteiger partial charge on any atom is -0.480 e. The van der Waals surface area contributed by atoms with E-state index in [9.17, 15) is 18.0 Å². The van der Waals surface area contributed by atoms with Gasteiger partial charge in [0.1, 0.15) is 0 Å². The van der Waals surface area contributed by atoms with Crippen molar-refractivity contribution in [2.75, 3.05) is 26.8 Å². The molecule has 1 aliphatic heterocycles. The van der Waals surface area contributed by atoms with Crippen LogP contribution in [0.3, 0.4) is 0 Å². The van der Waals surface area contributed by atoms with Crippen LogP contribution in [0.15, 0.2) is 0 Å². The van der Waals surface area contributed by atoms with Crippen molar-refractivity contribution >= 4 is 22.0 Å². The maximum atomic E-state index is 11.9. The quantitative estimate of drug-likeness (QED) is 0.635. The molecule has 0 aliphatic carbocycles. The lowest BCUT2D eigenvalue weighted by molar-refractivity contribution is -0.157. The third-order valence-corrected chi connectivity index (χ3v) is 4.79. The number of carboxylic acid groups (broad SMARTS) is 1. The van der Waals surface area contributed by atoms with Gasteiger partial charge in [0, 0.05) is 6.54 Å². The van der Waals surface area contributed by atoms with Gasteiger partial charge in [0.2, 0.25) is 10.0 Å². The summed E-state index contributed by atoms with van der Waals surface area (Å²) in [5, 5.41) is 7.18. The van der Waals surface area contributed by atoms with Crippen molar-refractivity contribution in [1.29, 1.82) is 0 Å². The first kappa shape index (κ1) is 14.9. The van der Waals surface area contributed by atoms with Crippen molar-refractivity contribution in [2.45, 2.75) is 18.3 Å². The van der Waals surface area contributed by atoms with Crippen molar-refractivity contribution in [2.24, 2.45) is 0 Å². The standard InChI is InChI=1S/C9H15NO7S/c1-6(8(11)12)18(14,15)10-3-4-17-7(5-10)9(13)16-2/h6-7H,3-5H2,1-2H3,(H,11,12). The number of morpholine rings is 1. The number of hydrogen-bond donors (Lipinski definition) is 1. The maximum absolute atomic E-state index is 11.9. The predicted octanol–water partition coefficient (Wildman–Crippen LogP) is -1.34. The molecule has 0 bridgehead atoms. The van der Waals surface area contributed by atoms with Crippen LogP contribution in [-0.4, -0.2) is 67.9 Å². The van der Waals surface area contributed by atoms with Crippen molar-refractivity contribution < 1.29 is 32.6 Å². The number of carbonyl (C=O) groups excluding carboxylic acids is 1. The van der Waals surface area contributed by atoms with E-state index in [0.29, 0.717) is 0 Å². The average Bonchev–Trinajstić information content (AvgIpc) is 2.36. The molecule has 9 heteroatoms. The number of methoxy groups -OCH3 is 1. The number of hydrogen-bond acceptors (Lipinski definition) is 6. The number of sulfonamides is 1. The van der Waals surface area contributed by atoms with E-state index in [2.05, 4.69) is 4.74 Å². The van der Waals surface area contributed by atoms with Crippen molar-refractivity contribution in [3.63, 3.8) is 0 Å². The Hall–Kier alpha value is -1.19. The minimum absolute atomic E-state index is 0.0192. The van der Waals surface area contributed by atoms with E-state index in [0.717, 1.165) is 11.2 Å². The number of esters is 1. The summed E-state index contributed by atoms with van der Waals surface area (Å²) in [4.78, 5) is 22.0. The Morgan fingerprint density at radius 2 is 2.11 bits per heavy atom. The summed E-state index contributed by atoms with van der Waals surface area (Å²) < 4.78 is 34.3. The van der Waals surface area contributed by atoms with Crippen LogP contribution >= 0.6 is 0 Å². The Labute approximate surface area is 105 Å². The zero-order valence-electron chi connectivity index (χ0n) is 10.0. The molecule has 2 unspecified atom stereocenters. The van der Waals surface area contributed by atoms with Crippen LogP contribution in [0, 0.1) is 0 Å². The van der Waals surface area contributed by atoms with Crippen LogP contribution in [0.2, 0.25) is 0 Å². The highest BCUT2D eigenvalue weighted by molar-refractivity contribution is 7.90. The van der Waals surface area contributed by atoms with Crippen LogP contribution in [-0.2, 0) is 29.1 Å². The molecule has 1 rings (SSSR count). The fraction of sp³-hybridized carbons (Fsp3) is 0.778. The molecule has 1 N–H and O–H groups in total. The third kappa shape index (κ3) is 2.98. The Bertz CT molecular complexity index is 432. The predicted molar refractivity (Wildman–Crippen MR) is 59.3 cm³/mol. The first-order chi connectivity index (χ1) is 8.30. The molecule has 0 aromatic heterocycles. The van der Waals surface area contributed by atoms with Gasteiger partial charge in [0.05, 0.1) is 20.3 Å². The first-order valence-corrected chi connectivity index (χ1v) is 6.72. The molecule has 1 heterocycles. The Morgan fingerprint density at radius 1 is 1.50 bits per heavy atom. The highest BCUT2D eigenvalue weighted by Crippen LogP contribution is 2.15. The van der Waals surface area contributed by atoms with E-state index in [1.807, 2.05) is 0 Å². The van der Waals surface area contributed by atoms with Gasteiger partial charge in [-0.25, -0.2) is 13.2 Å². The molecular weight excluding hydrogens is 266 g/mol. The van der Waals surface area contributed by atoms with Crippen LogP contribution < -0.4 is 0 Å². The third-order valence-electron chi connectivity index (χ3n) is 2.65. The molecule has 0 spiro atoms. The molecule has 18 heavy (non-hydrogen) atoms. The Balaban J connectivity index is 2.84. The highest BCUT2D eigenvalue weighted by Gasteiger charge is 2.39. The number of carboxylic acids is 1. The zero-order valence-corrected chi connectivity index (χ0v) is 10.8. The Morgan fingerprint density at radius 3 is 2.61 bits per heavy atom. The van der Waals surface area contributed by atoms with Gasteiger partial charge in [-0.15, -0.1) is 0 Å². The van der Waals surface area contributed by atoms with Gasteiger partial charge < -0.3 is 14.6 Å². The number of aliphatic carboxylic acids is 1. The smallest absolute Gasteiger partial charge is 0.336 e. The van der Waals surface area contributed by atoms with E-state index in [1.54, 1.807) is 0 Å². The molecule has 1 aliphatic rings. The SMILES string of the molecule is COC(=O)C1CN(S(=O)(=O)C(C)C(=O)O)CCO1. The lowest BCUT2D eigenvalue weighted by atomic mass is 10.3. The van der Waals surface area contributed by atoms with Gasteiger partial charge in [-0.2, -0.15) is 4.31 Å². The first-order valence-electron chi connectivity index (χ1n) is 5.22. The van der Waals surface area contributed by atoms with Crippen LogP contribution in [0.25, 0.3) is 0 Å². The molecule has 1 saturated heterocycles. The van der Waals surface area contributed by atoms with E-state index in [1.165, 1.54) is 7.11 Å². The lowest BCUT2D eigenvalue weighted by Crippen LogP contribution is -2.52. The average molecular weight is 281 g/mol. The zero-order chi connectivity index (χ0) is 13.9. The van der Waals surface area contributed by atoms with E-state index in [-0.39, 0.29) is 19.7 Å². The van der Waals surface area contributed by atoms with E-state index >= 15 is 0 Å². The number of ether oxygens (including phenoxy) is 2. The number of nitrogens with zero attached hydrogens (tertiary/aromatic N) is 1. The van der Waals surface area contributed by atoms with Gasteiger partial charge in [0.15, 0.2) is 11.4 Å². The van der Waals surface area contributed by atoms with E-state index in [4.69, 9.17) is 9.84 Å². The summed E-state index contributed by atoms with van der Waals surface area (Å²) in [5.41, 5.74) is 0. The molecule has 1 fully saturated rings. The molecule has 104 valence electrons. The summed E-state index contributed by atoms with van der Waals surface area (Å²) in [6.07, 6.45) is -1.01. The van der Waals surface area contributed by atoms with Gasteiger partial charge in [-0.05, 0) is 6.92 Å². The second kappa shape index (κ2) is 5.63. The molecule has 0 saturated carbocycles. The summed E-state index contributed by atoms with van der Waals surface area (Å²) in [5.74, 6) is -2.12. The van der Waals surface area contributed by atoms with Crippen LogP contribution in [0.4, 0.5) is 0 Å². The molecule has 2 atom stereocenters. The maximum Gasteiger partial charge on any atom is 0.336 e. The van der Waals surface area contributed by atoms with Crippen molar-refractivity contribution in [1.82, 2.24) is 4.31 Å². The fourth-order valence-electron chi connectivity index (χ4n) is 1.48. The normalized spacial score (nSPS) is 23.3. The largest absolute Gasteiger partial charge is 0.480 e. The van der Waals surface area contributed by atoms with Gasteiger partial charge in [-0.1, -0.05) is 0 Å². The monoisotopic (exact) mass is 281 g/mol. The highest BCUT2D eigenvalue weighted by atomic mass is 32.2. The Kier molecular flexibility index (Phi) is 4.65. The van der Waals surface area contributed by atoms with Crippen LogP contribution in [0.5, 0.6) is 0 Å². The summed E-state index contributed by atoms with van der Waals surface area (Å²) in [6.45, 7) is 0.895. The number of carbonyl (C=O) groups is 2. The summed E-state index contributed by atoms with van der Waals surface area (Å²) in [6, 6.07) is 0. The molecule has 8 nitrogen and oxygen atoms in total. The minimum atomic E-state index is -3.99. The molecule has 0 aromatic rings. The molecule has 0 amide bonds. The van der Waals surface area contributed by atoms with Gasteiger partial charge in [0.25, 0.3) is 0 Å². The molecular formula is C9H15NO7S. The van der Waals surface area contributed by atoms with Crippen molar-refractivity contribution in [3.05, 3.63) is 0 Å². The van der Waals surface area contributed by atoms with Crippen molar-refractivity contribution in [3.8, 4) is 0 Å². The topological polar surface area (TPSA) is 110 Å². The second-order valence-corrected chi connectivity index (χ2v) is 6.02. The molecule has 0 radical (unpaired) electrons. The number of rotatable bonds is 4. The second-order valence-electron chi connectivity index (χ2n) is 3.77. The van der Waals surface area contributed by atoms with Crippen LogP contribution in [0.1, 0.15) is 6.92 Å². The van der Waals surface area contributed by atoms with Gasteiger partial charge in [-0.3, -0.25) is 4.79 Å². The van der Waals surface area contributed by atoms with Gasteiger partial charge >= 0.3 is 11.9 Å². The molecule has 0 aromatic carbocycles. The fourth-order valence-corrected chi connectivity index (χ4v) is 2.86.